The normalized spacial score (nSPS) is 13.3. The Labute approximate surface area is 80.7 Å². The van der Waals surface area contributed by atoms with Crippen LogP contribution in [0.2, 0.25) is 0 Å². The van der Waals surface area contributed by atoms with Crippen LogP contribution >= 0.6 is 0 Å². The summed E-state index contributed by atoms with van der Waals surface area (Å²) in [6.45, 7) is 1.61. The Kier molecular flexibility index (Phi) is 3.52. The van der Waals surface area contributed by atoms with E-state index in [9.17, 15) is 13.2 Å². The largest absolute Gasteiger partial charge is 0.324 e. The standard InChI is InChI=1S/C10H12F3N/c1-6-2-3-7(4-8(6)11)9(14)5-10(12)13/h2-4,9-10H,5,14H2,1H3/t9-/m1/s1. The SMILES string of the molecule is Cc1ccc([C@H](N)CC(F)F)cc1F. The zero-order valence-corrected chi connectivity index (χ0v) is 7.81. The first-order valence-corrected chi connectivity index (χ1v) is 4.30. The average molecular weight is 203 g/mol. The molecule has 0 spiro atoms. The van der Waals surface area contributed by atoms with Gasteiger partial charge in [0.05, 0.1) is 0 Å². The summed E-state index contributed by atoms with van der Waals surface area (Å²) < 4.78 is 37.0. The lowest BCUT2D eigenvalue weighted by atomic mass is 10.0. The van der Waals surface area contributed by atoms with Crippen molar-refractivity contribution < 1.29 is 13.2 Å². The van der Waals surface area contributed by atoms with Crippen LogP contribution in [0, 0.1) is 12.7 Å². The fourth-order valence-corrected chi connectivity index (χ4v) is 1.17. The Morgan fingerprint density at radius 2 is 2.00 bits per heavy atom. The molecule has 1 atom stereocenters. The Hall–Kier alpha value is -1.03. The smallest absolute Gasteiger partial charge is 0.240 e. The Morgan fingerprint density at radius 1 is 1.36 bits per heavy atom. The van der Waals surface area contributed by atoms with Crippen LogP contribution in [0.5, 0.6) is 0 Å². The summed E-state index contributed by atoms with van der Waals surface area (Å²) in [4.78, 5) is 0. The fraction of sp³-hybridized carbons (Fsp3) is 0.400. The van der Waals surface area contributed by atoms with Gasteiger partial charge in [0, 0.05) is 12.5 Å². The molecule has 1 nitrogen and oxygen atoms in total. The van der Waals surface area contributed by atoms with Crippen molar-refractivity contribution in [3.63, 3.8) is 0 Å². The molecule has 1 rings (SSSR count). The van der Waals surface area contributed by atoms with Crippen LogP contribution in [-0.4, -0.2) is 6.43 Å². The molecular weight excluding hydrogens is 191 g/mol. The minimum Gasteiger partial charge on any atom is -0.324 e. The number of halogens is 3. The predicted molar refractivity (Wildman–Crippen MR) is 48.7 cm³/mol. The van der Waals surface area contributed by atoms with Crippen molar-refractivity contribution in [2.24, 2.45) is 5.73 Å². The van der Waals surface area contributed by atoms with Crippen molar-refractivity contribution >= 4 is 0 Å². The summed E-state index contributed by atoms with van der Waals surface area (Å²) in [7, 11) is 0. The van der Waals surface area contributed by atoms with E-state index in [1.54, 1.807) is 13.0 Å². The summed E-state index contributed by atoms with van der Waals surface area (Å²) in [5.74, 6) is -0.410. The molecule has 2 N–H and O–H groups in total. The van der Waals surface area contributed by atoms with Crippen molar-refractivity contribution in [2.75, 3.05) is 0 Å². The van der Waals surface area contributed by atoms with Gasteiger partial charge in [-0.15, -0.1) is 0 Å². The highest BCUT2D eigenvalue weighted by Crippen LogP contribution is 2.20. The van der Waals surface area contributed by atoms with Gasteiger partial charge in [0.15, 0.2) is 0 Å². The van der Waals surface area contributed by atoms with Gasteiger partial charge in [-0.2, -0.15) is 0 Å². The van der Waals surface area contributed by atoms with Crippen molar-refractivity contribution in [1.29, 1.82) is 0 Å². The highest BCUT2D eigenvalue weighted by molar-refractivity contribution is 5.25. The van der Waals surface area contributed by atoms with Gasteiger partial charge in [0.25, 0.3) is 0 Å². The van der Waals surface area contributed by atoms with Crippen LogP contribution in [0.1, 0.15) is 23.6 Å². The van der Waals surface area contributed by atoms with E-state index >= 15 is 0 Å². The topological polar surface area (TPSA) is 26.0 Å². The van der Waals surface area contributed by atoms with Gasteiger partial charge in [-0.1, -0.05) is 12.1 Å². The Morgan fingerprint density at radius 3 is 2.50 bits per heavy atom. The number of benzene rings is 1. The molecule has 0 fully saturated rings. The van der Waals surface area contributed by atoms with E-state index in [2.05, 4.69) is 0 Å². The first kappa shape index (κ1) is 11.0. The zero-order valence-electron chi connectivity index (χ0n) is 7.81. The van der Waals surface area contributed by atoms with Crippen molar-refractivity contribution in [1.82, 2.24) is 0 Å². The molecule has 0 unspecified atom stereocenters. The first-order chi connectivity index (χ1) is 6.50. The summed E-state index contributed by atoms with van der Waals surface area (Å²) in [6.07, 6.45) is -2.91. The minimum atomic E-state index is -2.46. The number of hydrogen-bond donors (Lipinski definition) is 1. The number of hydrogen-bond acceptors (Lipinski definition) is 1. The molecule has 0 saturated heterocycles. The molecule has 4 heteroatoms. The Bertz CT molecular complexity index is 312. The van der Waals surface area contributed by atoms with Crippen LogP contribution in [0.25, 0.3) is 0 Å². The monoisotopic (exact) mass is 203 g/mol. The molecule has 78 valence electrons. The zero-order chi connectivity index (χ0) is 10.7. The van der Waals surface area contributed by atoms with Crippen molar-refractivity contribution in [2.45, 2.75) is 25.8 Å². The molecule has 0 saturated carbocycles. The third kappa shape index (κ3) is 2.73. The Balaban J connectivity index is 2.80. The van der Waals surface area contributed by atoms with E-state index in [1.165, 1.54) is 12.1 Å². The highest BCUT2D eigenvalue weighted by atomic mass is 19.3. The molecule has 1 aromatic carbocycles. The van der Waals surface area contributed by atoms with Gasteiger partial charge in [-0.05, 0) is 24.1 Å². The molecule has 0 aliphatic heterocycles. The summed E-state index contributed by atoms with van der Waals surface area (Å²) in [5.41, 5.74) is 6.36. The van der Waals surface area contributed by atoms with Crippen LogP contribution in [0.4, 0.5) is 13.2 Å². The van der Waals surface area contributed by atoms with E-state index in [-0.39, 0.29) is 0 Å². The van der Waals surface area contributed by atoms with Gasteiger partial charge in [-0.25, -0.2) is 13.2 Å². The number of nitrogens with two attached hydrogens (primary N) is 1. The summed E-state index contributed by atoms with van der Waals surface area (Å²) >= 11 is 0. The van der Waals surface area contributed by atoms with Crippen LogP contribution < -0.4 is 5.73 Å². The van der Waals surface area contributed by atoms with Gasteiger partial charge < -0.3 is 5.73 Å². The van der Waals surface area contributed by atoms with Crippen LogP contribution in [-0.2, 0) is 0 Å². The quantitative estimate of drug-likeness (QED) is 0.803. The maximum atomic E-state index is 13.0. The fourth-order valence-electron chi connectivity index (χ4n) is 1.17. The molecule has 0 aliphatic carbocycles. The van der Waals surface area contributed by atoms with Gasteiger partial charge in [-0.3, -0.25) is 0 Å². The maximum absolute atomic E-state index is 13.0. The van der Waals surface area contributed by atoms with Gasteiger partial charge in [0.2, 0.25) is 6.43 Å². The molecule has 0 heterocycles. The lowest BCUT2D eigenvalue weighted by molar-refractivity contribution is 0.128. The lowest BCUT2D eigenvalue weighted by Crippen LogP contribution is -2.14. The summed E-state index contributed by atoms with van der Waals surface area (Å²) in [5, 5.41) is 0. The third-order valence-electron chi connectivity index (χ3n) is 2.06. The molecule has 0 aromatic heterocycles. The second-order valence-electron chi connectivity index (χ2n) is 3.24. The predicted octanol–water partition coefficient (Wildman–Crippen LogP) is 2.79. The first-order valence-electron chi connectivity index (χ1n) is 4.30. The maximum Gasteiger partial charge on any atom is 0.240 e. The van der Waals surface area contributed by atoms with Crippen LogP contribution in [0.3, 0.4) is 0 Å². The van der Waals surface area contributed by atoms with E-state index < -0.39 is 24.7 Å². The number of aryl methyl sites for hydroxylation is 1. The van der Waals surface area contributed by atoms with Gasteiger partial charge >= 0.3 is 0 Å². The highest BCUT2D eigenvalue weighted by Gasteiger charge is 2.13. The lowest BCUT2D eigenvalue weighted by Gasteiger charge is -2.11. The molecular formula is C10H12F3N. The average Bonchev–Trinajstić information content (AvgIpc) is 2.08. The minimum absolute atomic E-state index is 0.410. The molecule has 14 heavy (non-hydrogen) atoms. The molecule has 0 amide bonds. The number of alkyl halides is 2. The van der Waals surface area contributed by atoms with E-state index in [1.807, 2.05) is 0 Å². The van der Waals surface area contributed by atoms with Crippen LogP contribution in [0.15, 0.2) is 18.2 Å². The van der Waals surface area contributed by atoms with E-state index in [4.69, 9.17) is 5.73 Å². The van der Waals surface area contributed by atoms with E-state index in [0.717, 1.165) is 0 Å². The third-order valence-corrected chi connectivity index (χ3v) is 2.06. The molecule has 1 aromatic rings. The second-order valence-corrected chi connectivity index (χ2v) is 3.24. The molecule has 0 aliphatic rings. The number of rotatable bonds is 3. The second kappa shape index (κ2) is 4.46. The summed E-state index contributed by atoms with van der Waals surface area (Å²) in [6, 6.07) is 3.52. The molecule has 0 radical (unpaired) electrons. The van der Waals surface area contributed by atoms with Crippen molar-refractivity contribution in [3.8, 4) is 0 Å². The van der Waals surface area contributed by atoms with Gasteiger partial charge in [0.1, 0.15) is 5.82 Å². The molecule has 0 bridgehead atoms. The van der Waals surface area contributed by atoms with Crippen molar-refractivity contribution in [3.05, 3.63) is 35.1 Å². The van der Waals surface area contributed by atoms with E-state index in [0.29, 0.717) is 11.1 Å².